The third-order valence-corrected chi connectivity index (χ3v) is 8.92. The van der Waals surface area contributed by atoms with Gasteiger partial charge in [-0.05, 0) is 55.5 Å². The Hall–Kier alpha value is -2.66. The van der Waals surface area contributed by atoms with Crippen molar-refractivity contribution in [2.45, 2.75) is 23.3 Å². The van der Waals surface area contributed by atoms with Gasteiger partial charge in [0.1, 0.15) is 5.76 Å². The second-order valence-electron chi connectivity index (χ2n) is 7.41. The van der Waals surface area contributed by atoms with Crippen molar-refractivity contribution in [3.8, 4) is 0 Å². The maximum atomic E-state index is 13.5. The molecule has 4 rings (SSSR count). The van der Waals surface area contributed by atoms with E-state index in [-0.39, 0.29) is 29.4 Å². The fraction of sp³-hybridized carbons (Fsp3) is 0.273. The van der Waals surface area contributed by atoms with Gasteiger partial charge >= 0.3 is 0 Å². The number of sulfonamides is 2. The molecule has 1 aliphatic heterocycles. The van der Waals surface area contributed by atoms with Crippen LogP contribution in [0.3, 0.4) is 0 Å². The number of morpholine rings is 1. The van der Waals surface area contributed by atoms with Crippen molar-refractivity contribution in [1.29, 1.82) is 0 Å². The Kier molecular flexibility index (Phi) is 6.38. The molecule has 2 aromatic carbocycles. The summed E-state index contributed by atoms with van der Waals surface area (Å²) in [5, 5.41) is 0. The number of ether oxygens (including phenoxy) is 1. The van der Waals surface area contributed by atoms with Crippen LogP contribution in [0, 0.1) is 6.92 Å². The molecule has 10 heteroatoms. The Labute approximate surface area is 188 Å². The Balaban J connectivity index is 1.67. The van der Waals surface area contributed by atoms with E-state index in [1.807, 2.05) is 19.1 Å². The molecule has 0 saturated carbocycles. The van der Waals surface area contributed by atoms with Crippen LogP contribution in [0.2, 0.25) is 0 Å². The van der Waals surface area contributed by atoms with Crippen LogP contribution < -0.4 is 4.31 Å². The lowest BCUT2D eigenvalue weighted by molar-refractivity contribution is 0.0730. The molecule has 0 atom stereocenters. The minimum atomic E-state index is -3.99. The van der Waals surface area contributed by atoms with Crippen molar-refractivity contribution in [3.05, 3.63) is 78.3 Å². The summed E-state index contributed by atoms with van der Waals surface area (Å²) in [6.07, 6.45) is 1.49. The summed E-state index contributed by atoms with van der Waals surface area (Å²) in [6, 6.07) is 15.8. The molecule has 1 aromatic heterocycles. The Morgan fingerprint density at radius 3 is 2.09 bits per heavy atom. The summed E-state index contributed by atoms with van der Waals surface area (Å²) >= 11 is 0. The van der Waals surface area contributed by atoms with Crippen LogP contribution in [0.5, 0.6) is 0 Å². The van der Waals surface area contributed by atoms with Crippen LogP contribution in [-0.4, -0.2) is 47.4 Å². The average Bonchev–Trinajstić information content (AvgIpc) is 3.32. The maximum absolute atomic E-state index is 13.5. The SMILES string of the molecule is Cc1ccc(N(Cc2ccco2)S(=O)(=O)c2ccc(S(=O)(=O)N3CCOCC3)cc2)cc1. The smallest absolute Gasteiger partial charge is 0.264 e. The molecule has 0 spiro atoms. The first-order valence-electron chi connectivity index (χ1n) is 10.1. The van der Waals surface area contributed by atoms with Gasteiger partial charge in [-0.3, -0.25) is 4.31 Å². The molecule has 0 N–H and O–H groups in total. The number of furan rings is 1. The predicted molar refractivity (Wildman–Crippen MR) is 119 cm³/mol. The second kappa shape index (κ2) is 9.07. The number of rotatable bonds is 7. The van der Waals surface area contributed by atoms with E-state index in [0.717, 1.165) is 5.56 Å². The summed E-state index contributed by atoms with van der Waals surface area (Å²) in [4.78, 5) is 0.0387. The van der Waals surface area contributed by atoms with E-state index < -0.39 is 20.0 Å². The third kappa shape index (κ3) is 4.58. The van der Waals surface area contributed by atoms with Gasteiger partial charge in [-0.1, -0.05) is 17.7 Å². The van der Waals surface area contributed by atoms with Gasteiger partial charge in [-0.25, -0.2) is 16.8 Å². The second-order valence-corrected chi connectivity index (χ2v) is 11.2. The molecular weight excluding hydrogens is 452 g/mol. The largest absolute Gasteiger partial charge is 0.467 e. The summed E-state index contributed by atoms with van der Waals surface area (Å²) in [5.41, 5.74) is 1.48. The van der Waals surface area contributed by atoms with Gasteiger partial charge in [-0.15, -0.1) is 0 Å². The first-order valence-corrected chi connectivity index (χ1v) is 13.0. The van der Waals surface area contributed by atoms with Crippen molar-refractivity contribution >= 4 is 25.7 Å². The summed E-state index contributed by atoms with van der Waals surface area (Å²) in [6.45, 7) is 3.14. The molecule has 2 heterocycles. The Morgan fingerprint density at radius 2 is 1.50 bits per heavy atom. The number of anilines is 1. The Morgan fingerprint density at radius 1 is 0.875 bits per heavy atom. The van der Waals surface area contributed by atoms with E-state index in [0.29, 0.717) is 24.7 Å². The number of hydrogen-bond acceptors (Lipinski definition) is 6. The van der Waals surface area contributed by atoms with Gasteiger partial charge in [0, 0.05) is 13.1 Å². The molecule has 1 aliphatic rings. The molecule has 1 fully saturated rings. The van der Waals surface area contributed by atoms with E-state index in [1.54, 1.807) is 24.3 Å². The van der Waals surface area contributed by atoms with E-state index in [1.165, 1.54) is 39.1 Å². The predicted octanol–water partition coefficient (Wildman–Crippen LogP) is 3.00. The van der Waals surface area contributed by atoms with Gasteiger partial charge in [0.25, 0.3) is 10.0 Å². The molecular formula is C22H24N2O6S2. The molecule has 3 aromatic rings. The van der Waals surface area contributed by atoms with Crippen molar-refractivity contribution in [1.82, 2.24) is 4.31 Å². The number of benzene rings is 2. The molecule has 8 nitrogen and oxygen atoms in total. The van der Waals surface area contributed by atoms with E-state index >= 15 is 0 Å². The zero-order chi connectivity index (χ0) is 22.8. The third-order valence-electron chi connectivity index (χ3n) is 5.22. The molecule has 0 unspecified atom stereocenters. The number of hydrogen-bond donors (Lipinski definition) is 0. The molecule has 1 saturated heterocycles. The quantitative estimate of drug-likeness (QED) is 0.520. The van der Waals surface area contributed by atoms with Crippen molar-refractivity contribution in [2.24, 2.45) is 0 Å². The number of nitrogens with zero attached hydrogens (tertiary/aromatic N) is 2. The molecule has 0 bridgehead atoms. The standard InChI is InChI=1S/C22H24N2O6S2/c1-18-4-6-19(7-5-18)24(17-20-3-2-14-30-20)32(27,28)22-10-8-21(9-11-22)31(25,26)23-12-15-29-16-13-23/h2-11,14H,12-13,15-17H2,1H3. The van der Waals surface area contributed by atoms with E-state index in [2.05, 4.69) is 0 Å². The van der Waals surface area contributed by atoms with Crippen LogP contribution >= 0.6 is 0 Å². The molecule has 0 radical (unpaired) electrons. The van der Waals surface area contributed by atoms with E-state index in [4.69, 9.17) is 9.15 Å². The topological polar surface area (TPSA) is 97.1 Å². The molecule has 0 amide bonds. The van der Waals surface area contributed by atoms with E-state index in [9.17, 15) is 16.8 Å². The fourth-order valence-electron chi connectivity index (χ4n) is 3.42. The van der Waals surface area contributed by atoms with Gasteiger partial charge < -0.3 is 9.15 Å². The van der Waals surface area contributed by atoms with Gasteiger partial charge in [-0.2, -0.15) is 4.31 Å². The summed E-state index contributed by atoms with van der Waals surface area (Å²) < 4.78 is 65.9. The van der Waals surface area contributed by atoms with Crippen molar-refractivity contribution < 1.29 is 26.0 Å². The molecule has 32 heavy (non-hydrogen) atoms. The summed E-state index contributed by atoms with van der Waals surface area (Å²) in [5.74, 6) is 0.487. The maximum Gasteiger partial charge on any atom is 0.264 e. The fourth-order valence-corrected chi connectivity index (χ4v) is 6.26. The minimum absolute atomic E-state index is 0.00617. The van der Waals surface area contributed by atoms with Gasteiger partial charge in [0.05, 0.1) is 41.5 Å². The normalized spacial score (nSPS) is 15.5. The minimum Gasteiger partial charge on any atom is -0.467 e. The zero-order valence-corrected chi connectivity index (χ0v) is 19.2. The first-order chi connectivity index (χ1) is 15.3. The van der Waals surface area contributed by atoms with Crippen molar-refractivity contribution in [3.63, 3.8) is 0 Å². The van der Waals surface area contributed by atoms with Gasteiger partial charge in [0.15, 0.2) is 0 Å². The average molecular weight is 477 g/mol. The lowest BCUT2D eigenvalue weighted by Crippen LogP contribution is -2.40. The first kappa shape index (κ1) is 22.5. The summed E-state index contributed by atoms with van der Waals surface area (Å²) in [7, 11) is -7.70. The van der Waals surface area contributed by atoms with Crippen LogP contribution in [0.25, 0.3) is 0 Å². The Bertz CT molecular complexity index is 1250. The molecule has 0 aliphatic carbocycles. The lowest BCUT2D eigenvalue weighted by atomic mass is 10.2. The van der Waals surface area contributed by atoms with Gasteiger partial charge in [0.2, 0.25) is 10.0 Å². The highest BCUT2D eigenvalue weighted by Crippen LogP contribution is 2.28. The van der Waals surface area contributed by atoms with Crippen molar-refractivity contribution in [2.75, 3.05) is 30.6 Å². The zero-order valence-electron chi connectivity index (χ0n) is 17.5. The monoisotopic (exact) mass is 476 g/mol. The number of aryl methyl sites for hydroxylation is 1. The van der Waals surface area contributed by atoms with Crippen LogP contribution in [0.4, 0.5) is 5.69 Å². The van der Waals surface area contributed by atoms with Crippen LogP contribution in [0.1, 0.15) is 11.3 Å². The lowest BCUT2D eigenvalue weighted by Gasteiger charge is -2.26. The highest BCUT2D eigenvalue weighted by atomic mass is 32.2. The highest BCUT2D eigenvalue weighted by molar-refractivity contribution is 7.92. The molecule has 170 valence electrons. The highest BCUT2D eigenvalue weighted by Gasteiger charge is 2.29. The van der Waals surface area contributed by atoms with Crippen LogP contribution in [-0.2, 0) is 31.3 Å². The van der Waals surface area contributed by atoms with Crippen LogP contribution in [0.15, 0.2) is 81.1 Å².